The molecule has 1 unspecified atom stereocenters. The molecule has 5 N–H and O–H groups in total. The molecule has 0 heterocycles. The SMILES string of the molecule is C[C@]12CC(=CN)C(=Nc3ccc(F)cc3)C=C1CC[C@@H]2CC(NC(=O)NCCO)c1ccccc1. The van der Waals surface area contributed by atoms with Crippen molar-refractivity contribution in [2.75, 3.05) is 13.2 Å². The van der Waals surface area contributed by atoms with Gasteiger partial charge in [-0.25, -0.2) is 14.2 Å². The quantitative estimate of drug-likeness (QED) is 0.457. The molecule has 6 nitrogen and oxygen atoms in total. The van der Waals surface area contributed by atoms with Crippen molar-refractivity contribution in [3.8, 4) is 0 Å². The minimum absolute atomic E-state index is 0.0939. The molecular formula is C28H33FN4O2. The molecule has 4 rings (SSSR count). The first kappa shape index (κ1) is 24.7. The van der Waals surface area contributed by atoms with Crippen LogP contribution in [0.5, 0.6) is 0 Å². The summed E-state index contributed by atoms with van der Waals surface area (Å²) in [6, 6.07) is 15.7. The normalized spacial score (nSPS) is 24.7. The lowest BCUT2D eigenvalue weighted by molar-refractivity contribution is 0.213. The number of amides is 2. The number of carbonyl (C=O) groups excluding carboxylic acids is 1. The highest BCUT2D eigenvalue weighted by Gasteiger charge is 2.46. The number of nitrogens with two attached hydrogens (primary N) is 1. The van der Waals surface area contributed by atoms with Gasteiger partial charge in [-0.1, -0.05) is 42.8 Å². The van der Waals surface area contributed by atoms with Crippen LogP contribution in [0.15, 0.2) is 83.0 Å². The van der Waals surface area contributed by atoms with Crippen molar-refractivity contribution >= 4 is 17.4 Å². The Morgan fingerprint density at radius 3 is 2.69 bits per heavy atom. The van der Waals surface area contributed by atoms with E-state index in [2.05, 4.69) is 23.6 Å². The van der Waals surface area contributed by atoms with E-state index in [0.29, 0.717) is 11.6 Å². The van der Waals surface area contributed by atoms with Crippen molar-refractivity contribution in [3.63, 3.8) is 0 Å². The summed E-state index contributed by atoms with van der Waals surface area (Å²) in [7, 11) is 0. The number of hydrogen-bond acceptors (Lipinski definition) is 4. The Hall–Kier alpha value is -3.45. The maximum absolute atomic E-state index is 13.3. The first-order chi connectivity index (χ1) is 16.9. The molecule has 2 aliphatic rings. The molecular weight excluding hydrogens is 443 g/mol. The zero-order valence-corrected chi connectivity index (χ0v) is 20.0. The summed E-state index contributed by atoms with van der Waals surface area (Å²) in [5, 5.41) is 14.8. The first-order valence-electron chi connectivity index (χ1n) is 12.1. The predicted octanol–water partition coefficient (Wildman–Crippen LogP) is 4.91. The van der Waals surface area contributed by atoms with Crippen LogP contribution in [-0.2, 0) is 0 Å². The van der Waals surface area contributed by atoms with Crippen molar-refractivity contribution in [2.45, 2.75) is 38.6 Å². The van der Waals surface area contributed by atoms with Gasteiger partial charge in [0.1, 0.15) is 5.82 Å². The Bertz CT molecular complexity index is 1130. The molecule has 0 aromatic heterocycles. The number of nitrogens with one attached hydrogen (secondary N) is 2. The van der Waals surface area contributed by atoms with E-state index in [4.69, 9.17) is 15.8 Å². The van der Waals surface area contributed by atoms with Crippen molar-refractivity contribution in [2.24, 2.45) is 22.1 Å². The van der Waals surface area contributed by atoms with Gasteiger partial charge in [-0.05, 0) is 84.7 Å². The highest BCUT2D eigenvalue weighted by molar-refractivity contribution is 6.11. The van der Waals surface area contributed by atoms with Crippen LogP contribution in [0, 0.1) is 17.2 Å². The van der Waals surface area contributed by atoms with Gasteiger partial charge >= 0.3 is 6.03 Å². The maximum atomic E-state index is 13.3. The Kier molecular flexibility index (Phi) is 7.66. The Morgan fingerprint density at radius 1 is 1.26 bits per heavy atom. The number of fused-ring (bicyclic) bond motifs is 1. The number of rotatable bonds is 7. The monoisotopic (exact) mass is 476 g/mol. The van der Waals surface area contributed by atoms with E-state index < -0.39 is 0 Å². The van der Waals surface area contributed by atoms with Gasteiger partial charge in [0, 0.05) is 6.54 Å². The summed E-state index contributed by atoms with van der Waals surface area (Å²) in [6.45, 7) is 2.39. The number of halogens is 1. The zero-order valence-electron chi connectivity index (χ0n) is 20.0. The smallest absolute Gasteiger partial charge is 0.315 e. The summed E-state index contributed by atoms with van der Waals surface area (Å²) < 4.78 is 13.3. The molecule has 0 spiro atoms. The van der Waals surface area contributed by atoms with E-state index >= 15 is 0 Å². The van der Waals surface area contributed by atoms with E-state index in [1.807, 2.05) is 30.3 Å². The lowest BCUT2D eigenvalue weighted by Crippen LogP contribution is -2.41. The van der Waals surface area contributed by atoms with Gasteiger partial charge in [-0.15, -0.1) is 0 Å². The number of carbonyl (C=O) groups is 1. The number of urea groups is 1. The van der Waals surface area contributed by atoms with Gasteiger partial charge in [0.15, 0.2) is 0 Å². The molecule has 184 valence electrons. The summed E-state index contributed by atoms with van der Waals surface area (Å²) in [5.41, 5.74) is 10.8. The van der Waals surface area contributed by atoms with Crippen LogP contribution in [-0.4, -0.2) is 30.0 Å². The molecule has 2 aromatic rings. The number of aliphatic imine (C=N–C) groups is 1. The molecule has 7 heteroatoms. The van der Waals surface area contributed by atoms with Gasteiger partial charge in [0.2, 0.25) is 0 Å². The molecule has 35 heavy (non-hydrogen) atoms. The molecule has 1 fully saturated rings. The van der Waals surface area contributed by atoms with Crippen LogP contribution in [0.4, 0.5) is 14.9 Å². The lowest BCUT2D eigenvalue weighted by atomic mass is 9.67. The number of benzene rings is 2. The molecule has 2 aromatic carbocycles. The van der Waals surface area contributed by atoms with E-state index in [0.717, 1.165) is 42.5 Å². The number of aliphatic hydroxyl groups excluding tert-OH is 1. The number of aliphatic hydroxyl groups is 1. The highest BCUT2D eigenvalue weighted by Crippen LogP contribution is 2.56. The van der Waals surface area contributed by atoms with Crippen LogP contribution in [0.3, 0.4) is 0 Å². The fourth-order valence-electron chi connectivity index (χ4n) is 5.34. The van der Waals surface area contributed by atoms with Crippen molar-refractivity contribution in [1.29, 1.82) is 0 Å². The minimum Gasteiger partial charge on any atom is -0.404 e. The van der Waals surface area contributed by atoms with Gasteiger partial charge in [0.05, 0.1) is 24.0 Å². The lowest BCUT2D eigenvalue weighted by Gasteiger charge is -2.39. The summed E-state index contributed by atoms with van der Waals surface area (Å²) in [5.74, 6) is 0.0443. The Balaban J connectivity index is 1.58. The molecule has 0 aliphatic heterocycles. The topological polar surface area (TPSA) is 99.7 Å². The van der Waals surface area contributed by atoms with E-state index in [1.54, 1.807) is 18.3 Å². The molecule has 3 atom stereocenters. The minimum atomic E-state index is -0.289. The van der Waals surface area contributed by atoms with E-state index in [-0.39, 0.29) is 36.5 Å². The summed E-state index contributed by atoms with van der Waals surface area (Å²) >= 11 is 0. The molecule has 0 saturated heterocycles. The third-order valence-corrected chi connectivity index (χ3v) is 7.30. The molecule has 2 aliphatic carbocycles. The van der Waals surface area contributed by atoms with E-state index in [1.165, 1.54) is 17.7 Å². The van der Waals surface area contributed by atoms with Crippen molar-refractivity contribution < 1.29 is 14.3 Å². The van der Waals surface area contributed by atoms with Gasteiger partial charge in [0.25, 0.3) is 0 Å². The summed E-state index contributed by atoms with van der Waals surface area (Å²) in [6.07, 6.45) is 7.29. The average Bonchev–Trinajstić information content (AvgIpc) is 3.18. The fraction of sp³-hybridized carbons (Fsp3) is 0.357. The standard InChI is InChI=1S/C28H33FN4O2/c1-28-17-20(18-30)26(32-24-11-9-23(29)10-12-24)16-22(28)8-7-21(28)15-25(19-5-3-2-4-6-19)33-27(35)31-13-14-34/h2-6,9-12,16,18,21,25,34H,7-8,13-15,17,30H2,1H3,(H2,31,33,35)/t21-,25?,28-/m1/s1. The molecule has 2 amide bonds. The highest BCUT2D eigenvalue weighted by atomic mass is 19.1. The van der Waals surface area contributed by atoms with Crippen molar-refractivity contribution in [1.82, 2.24) is 10.6 Å². The number of nitrogens with zero attached hydrogens (tertiary/aromatic N) is 1. The largest absolute Gasteiger partial charge is 0.404 e. The third-order valence-electron chi connectivity index (χ3n) is 7.30. The second-order valence-corrected chi connectivity index (χ2v) is 9.49. The first-order valence-corrected chi connectivity index (χ1v) is 12.1. The molecule has 0 bridgehead atoms. The third kappa shape index (κ3) is 5.62. The van der Waals surface area contributed by atoms with E-state index in [9.17, 15) is 9.18 Å². The van der Waals surface area contributed by atoms with Crippen LogP contribution < -0.4 is 16.4 Å². The number of hydrogen-bond donors (Lipinski definition) is 4. The predicted molar refractivity (Wildman–Crippen MR) is 137 cm³/mol. The second kappa shape index (κ2) is 10.9. The maximum Gasteiger partial charge on any atom is 0.315 e. The van der Waals surface area contributed by atoms with Crippen LogP contribution in [0.25, 0.3) is 0 Å². The molecule has 0 radical (unpaired) electrons. The Labute approximate surface area is 205 Å². The van der Waals surface area contributed by atoms with Gasteiger partial charge < -0.3 is 21.5 Å². The number of allylic oxidation sites excluding steroid dienone is 3. The summed E-state index contributed by atoms with van der Waals surface area (Å²) in [4.78, 5) is 17.2. The average molecular weight is 477 g/mol. The van der Waals surface area contributed by atoms with Crippen molar-refractivity contribution in [3.05, 3.63) is 89.4 Å². The van der Waals surface area contributed by atoms with Crippen LogP contribution >= 0.6 is 0 Å². The fourth-order valence-corrected chi connectivity index (χ4v) is 5.34. The second-order valence-electron chi connectivity index (χ2n) is 9.49. The Morgan fingerprint density at radius 2 is 2.00 bits per heavy atom. The zero-order chi connectivity index (χ0) is 24.8. The van der Waals surface area contributed by atoms with Crippen LogP contribution in [0.2, 0.25) is 0 Å². The van der Waals surface area contributed by atoms with Gasteiger partial charge in [-0.2, -0.15) is 0 Å². The van der Waals surface area contributed by atoms with Gasteiger partial charge in [-0.3, -0.25) is 0 Å². The molecule has 1 saturated carbocycles. The van der Waals surface area contributed by atoms with Crippen LogP contribution in [0.1, 0.15) is 44.2 Å².